The highest BCUT2D eigenvalue weighted by Gasteiger charge is 2.10. The minimum atomic E-state index is -0.664. The van der Waals surface area contributed by atoms with E-state index in [1.165, 1.54) is 89.7 Å². The fraction of sp³-hybridized carbons (Fsp3) is 0.606. The zero-order chi connectivity index (χ0) is 29.8. The molecule has 0 N–H and O–H groups in total. The molecule has 1 rings (SSSR count). The van der Waals surface area contributed by atoms with Gasteiger partial charge in [0.25, 0.3) is 0 Å². The first-order valence-electron chi connectivity index (χ1n) is 14.9. The molecule has 0 atom stereocenters. The second-order valence-corrected chi connectivity index (χ2v) is 10.0. The standard InChI is InChI=1S/C20H38O2.C13H15NO4/c1-3-5-6-7-8-9-10-11-12-13-14-15-16-17-18-19-20(21)22-4-2;1-4-17-12(15)9-18-13(16)10-5-7-11(8-6-10)14(2)3/h4H,2-3,5-19H2,1H3;4-8H,1,9H2,2-3H3. The van der Waals surface area contributed by atoms with Gasteiger partial charge in [-0.25, -0.2) is 9.59 Å². The monoisotopic (exact) mass is 559 g/mol. The first-order valence-corrected chi connectivity index (χ1v) is 14.9. The number of nitrogens with zero attached hydrogens (tertiary/aromatic N) is 1. The van der Waals surface area contributed by atoms with E-state index in [0.29, 0.717) is 12.0 Å². The molecule has 0 spiro atoms. The van der Waals surface area contributed by atoms with Gasteiger partial charge in [0.05, 0.1) is 18.1 Å². The summed E-state index contributed by atoms with van der Waals surface area (Å²) in [7, 11) is 3.80. The molecule has 1 aromatic rings. The molecular weight excluding hydrogens is 506 g/mol. The Morgan fingerprint density at radius 2 is 1.10 bits per heavy atom. The summed E-state index contributed by atoms with van der Waals surface area (Å²) in [5.41, 5.74) is 1.35. The van der Waals surface area contributed by atoms with Crippen LogP contribution in [-0.4, -0.2) is 38.6 Å². The van der Waals surface area contributed by atoms with Crippen molar-refractivity contribution in [3.8, 4) is 0 Å². The molecule has 0 bridgehead atoms. The van der Waals surface area contributed by atoms with Gasteiger partial charge in [-0.3, -0.25) is 4.79 Å². The summed E-state index contributed by atoms with van der Waals surface area (Å²) >= 11 is 0. The predicted molar refractivity (Wildman–Crippen MR) is 163 cm³/mol. The topological polar surface area (TPSA) is 82.1 Å². The Labute approximate surface area is 242 Å². The van der Waals surface area contributed by atoms with E-state index in [0.717, 1.165) is 24.8 Å². The van der Waals surface area contributed by atoms with Gasteiger partial charge in [-0.05, 0) is 30.7 Å². The summed E-state index contributed by atoms with van der Waals surface area (Å²) in [5, 5.41) is 0. The summed E-state index contributed by atoms with van der Waals surface area (Å²) < 4.78 is 13.9. The van der Waals surface area contributed by atoms with Gasteiger partial charge in [0.15, 0.2) is 6.61 Å². The zero-order valence-electron chi connectivity index (χ0n) is 25.3. The van der Waals surface area contributed by atoms with Crippen molar-refractivity contribution in [2.75, 3.05) is 25.6 Å². The van der Waals surface area contributed by atoms with Crippen LogP contribution in [0.1, 0.15) is 120 Å². The number of carbonyl (C=O) groups excluding carboxylic acids is 3. The maximum atomic E-state index is 11.6. The van der Waals surface area contributed by atoms with Crippen molar-refractivity contribution in [1.29, 1.82) is 0 Å². The van der Waals surface area contributed by atoms with Crippen molar-refractivity contribution in [3.63, 3.8) is 0 Å². The molecule has 0 fully saturated rings. The molecule has 0 unspecified atom stereocenters. The molecule has 226 valence electrons. The molecule has 1 aromatic carbocycles. The van der Waals surface area contributed by atoms with Crippen LogP contribution in [0.5, 0.6) is 0 Å². The highest BCUT2D eigenvalue weighted by atomic mass is 16.6. The molecule has 0 amide bonds. The van der Waals surface area contributed by atoms with E-state index < -0.39 is 18.5 Å². The Bertz CT molecular complexity index is 819. The lowest BCUT2D eigenvalue weighted by atomic mass is 10.0. The number of hydrogen-bond donors (Lipinski definition) is 0. The van der Waals surface area contributed by atoms with Crippen LogP contribution in [0.4, 0.5) is 5.69 Å². The van der Waals surface area contributed by atoms with E-state index >= 15 is 0 Å². The molecule has 0 aromatic heterocycles. The molecule has 40 heavy (non-hydrogen) atoms. The van der Waals surface area contributed by atoms with Crippen LogP contribution in [0.25, 0.3) is 0 Å². The van der Waals surface area contributed by atoms with Gasteiger partial charge in [-0.15, -0.1) is 0 Å². The zero-order valence-corrected chi connectivity index (χ0v) is 25.3. The van der Waals surface area contributed by atoms with Crippen LogP contribution in [0.3, 0.4) is 0 Å². The molecule has 0 aliphatic carbocycles. The summed E-state index contributed by atoms with van der Waals surface area (Å²) in [5.74, 6) is -1.38. The number of benzene rings is 1. The van der Waals surface area contributed by atoms with Crippen LogP contribution in [-0.2, 0) is 23.8 Å². The van der Waals surface area contributed by atoms with Crippen molar-refractivity contribution in [1.82, 2.24) is 0 Å². The Hall–Kier alpha value is -3.09. The van der Waals surface area contributed by atoms with E-state index in [9.17, 15) is 14.4 Å². The summed E-state index contributed by atoms with van der Waals surface area (Å²) in [6.07, 6.45) is 22.9. The number of rotatable bonds is 22. The van der Waals surface area contributed by atoms with Crippen LogP contribution in [0, 0.1) is 0 Å². The predicted octanol–water partition coefficient (Wildman–Crippen LogP) is 8.53. The Kier molecular flexibility index (Phi) is 24.1. The number of esters is 3. The quantitative estimate of drug-likeness (QED) is 0.0609. The Balaban J connectivity index is 0.000000774. The molecule has 7 nitrogen and oxygen atoms in total. The Morgan fingerprint density at radius 1 is 0.675 bits per heavy atom. The van der Waals surface area contributed by atoms with Crippen molar-refractivity contribution in [2.24, 2.45) is 0 Å². The smallest absolute Gasteiger partial charge is 0.349 e. The lowest BCUT2D eigenvalue weighted by Crippen LogP contribution is -2.15. The Morgan fingerprint density at radius 3 is 1.52 bits per heavy atom. The minimum Gasteiger partial charge on any atom is -0.450 e. The van der Waals surface area contributed by atoms with Gasteiger partial charge in [0.1, 0.15) is 0 Å². The van der Waals surface area contributed by atoms with Crippen molar-refractivity contribution < 1.29 is 28.6 Å². The van der Waals surface area contributed by atoms with Crippen molar-refractivity contribution in [2.45, 2.75) is 110 Å². The van der Waals surface area contributed by atoms with Crippen LogP contribution in [0.15, 0.2) is 49.9 Å². The summed E-state index contributed by atoms with van der Waals surface area (Å²) in [6.45, 7) is 8.45. The SMILES string of the molecule is C=COC(=O)CCCCCCCCCCCCCCCCC.C=COC(=O)COC(=O)c1ccc(N(C)C)cc1. The highest BCUT2D eigenvalue weighted by molar-refractivity contribution is 5.91. The van der Waals surface area contributed by atoms with E-state index in [1.807, 2.05) is 19.0 Å². The number of ether oxygens (including phenoxy) is 3. The van der Waals surface area contributed by atoms with Crippen LogP contribution >= 0.6 is 0 Å². The lowest BCUT2D eigenvalue weighted by Gasteiger charge is -2.12. The van der Waals surface area contributed by atoms with Crippen LogP contribution in [0.2, 0.25) is 0 Å². The normalized spacial score (nSPS) is 10.1. The van der Waals surface area contributed by atoms with Gasteiger partial charge < -0.3 is 19.1 Å². The fourth-order valence-electron chi connectivity index (χ4n) is 4.02. The molecule has 0 aliphatic heterocycles. The van der Waals surface area contributed by atoms with Crippen molar-refractivity contribution in [3.05, 3.63) is 55.5 Å². The third-order valence-electron chi connectivity index (χ3n) is 6.35. The van der Waals surface area contributed by atoms with E-state index in [-0.39, 0.29) is 5.97 Å². The molecular formula is C33H53NO6. The highest BCUT2D eigenvalue weighted by Crippen LogP contribution is 2.14. The molecule has 0 radical (unpaired) electrons. The van der Waals surface area contributed by atoms with E-state index in [4.69, 9.17) is 4.74 Å². The maximum absolute atomic E-state index is 11.6. The van der Waals surface area contributed by atoms with E-state index in [2.05, 4.69) is 29.6 Å². The minimum absolute atomic E-state index is 0.148. The number of anilines is 1. The average Bonchev–Trinajstić information content (AvgIpc) is 2.94. The van der Waals surface area contributed by atoms with Gasteiger partial charge in [0.2, 0.25) is 0 Å². The molecule has 0 saturated carbocycles. The van der Waals surface area contributed by atoms with Gasteiger partial charge in [-0.1, -0.05) is 110 Å². The molecule has 7 heteroatoms. The van der Waals surface area contributed by atoms with Crippen LogP contribution < -0.4 is 4.90 Å². The van der Waals surface area contributed by atoms with E-state index in [1.54, 1.807) is 24.3 Å². The van der Waals surface area contributed by atoms with Gasteiger partial charge >= 0.3 is 17.9 Å². The molecule has 0 aliphatic rings. The largest absolute Gasteiger partial charge is 0.450 e. The first-order chi connectivity index (χ1) is 19.3. The van der Waals surface area contributed by atoms with Crippen molar-refractivity contribution >= 4 is 23.6 Å². The summed E-state index contributed by atoms with van der Waals surface area (Å²) in [4.78, 5) is 35.5. The fourth-order valence-corrected chi connectivity index (χ4v) is 4.02. The maximum Gasteiger partial charge on any atom is 0.349 e. The second-order valence-electron chi connectivity index (χ2n) is 10.0. The number of hydrogen-bond acceptors (Lipinski definition) is 7. The van der Waals surface area contributed by atoms with Gasteiger partial charge in [-0.2, -0.15) is 0 Å². The third-order valence-corrected chi connectivity index (χ3v) is 6.35. The second kappa shape index (κ2) is 26.1. The summed E-state index contributed by atoms with van der Waals surface area (Å²) in [6, 6.07) is 6.85. The lowest BCUT2D eigenvalue weighted by molar-refractivity contribution is -0.141. The number of carbonyl (C=O) groups is 3. The first kappa shape index (κ1) is 36.9. The number of unbranched alkanes of at least 4 members (excludes halogenated alkanes) is 14. The van der Waals surface area contributed by atoms with Gasteiger partial charge in [0, 0.05) is 26.2 Å². The average molecular weight is 560 g/mol. The molecule has 0 saturated heterocycles. The third kappa shape index (κ3) is 21.8. The molecule has 0 heterocycles.